The number of carbonyl (C=O) groups excluding carboxylic acids is 1. The monoisotopic (exact) mass is 487 g/mol. The number of nitrogens with two attached hydrogens (primary N) is 1. The second kappa shape index (κ2) is 10.3. The van der Waals surface area contributed by atoms with Crippen LogP contribution in [0.2, 0.25) is 0 Å². The van der Waals surface area contributed by atoms with E-state index in [9.17, 15) is 22.4 Å². The van der Waals surface area contributed by atoms with Gasteiger partial charge < -0.3 is 16.0 Å². The first kappa shape index (κ1) is 24.4. The van der Waals surface area contributed by atoms with Crippen LogP contribution in [0, 0.1) is 11.7 Å². The molecule has 3 heterocycles. The van der Waals surface area contributed by atoms with Crippen molar-refractivity contribution in [1.29, 1.82) is 0 Å². The molecule has 184 valence electrons. The van der Waals surface area contributed by atoms with Crippen molar-refractivity contribution in [3.63, 3.8) is 0 Å². The fourth-order valence-corrected chi connectivity index (χ4v) is 4.31. The van der Waals surface area contributed by atoms with Gasteiger partial charge in [-0.15, -0.1) is 0 Å². The lowest BCUT2D eigenvalue weighted by atomic mass is 9.92. The largest absolute Gasteiger partial charge is 0.393 e. The van der Waals surface area contributed by atoms with Gasteiger partial charge in [-0.25, -0.2) is 9.37 Å². The van der Waals surface area contributed by atoms with Gasteiger partial charge in [0.25, 0.3) is 0 Å². The Hall–Kier alpha value is -3.69. The Balaban J connectivity index is 1.63. The number of hydrogen-bond donors (Lipinski definition) is 2. The summed E-state index contributed by atoms with van der Waals surface area (Å²) in [6, 6.07) is 12.9. The predicted molar refractivity (Wildman–Crippen MR) is 124 cm³/mol. The number of primary amides is 1. The smallest absolute Gasteiger partial charge is 0.369 e. The molecule has 35 heavy (non-hydrogen) atoms. The Labute approximate surface area is 200 Å². The highest BCUT2D eigenvalue weighted by Gasteiger charge is 2.44. The van der Waals surface area contributed by atoms with Gasteiger partial charge in [-0.05, 0) is 48.2 Å². The quantitative estimate of drug-likeness (QED) is 0.464. The first-order valence-corrected chi connectivity index (χ1v) is 11.2. The second-order valence-corrected chi connectivity index (χ2v) is 8.51. The van der Waals surface area contributed by atoms with E-state index >= 15 is 0 Å². The first-order valence-electron chi connectivity index (χ1n) is 11.2. The van der Waals surface area contributed by atoms with E-state index in [2.05, 4.69) is 15.3 Å². The lowest BCUT2D eigenvalue weighted by Crippen LogP contribution is -2.28. The molecule has 0 spiro atoms. The molecule has 1 saturated heterocycles. The highest BCUT2D eigenvalue weighted by atomic mass is 19.4. The number of pyridine rings is 2. The van der Waals surface area contributed by atoms with E-state index in [0.29, 0.717) is 35.7 Å². The maximum absolute atomic E-state index is 13.5. The van der Waals surface area contributed by atoms with Crippen LogP contribution in [0.25, 0.3) is 0 Å². The van der Waals surface area contributed by atoms with Crippen molar-refractivity contribution in [3.8, 4) is 0 Å². The van der Waals surface area contributed by atoms with Gasteiger partial charge in [-0.2, -0.15) is 13.2 Å². The fourth-order valence-electron chi connectivity index (χ4n) is 4.31. The van der Waals surface area contributed by atoms with Crippen molar-refractivity contribution in [2.24, 2.45) is 11.7 Å². The Morgan fingerprint density at radius 2 is 2.03 bits per heavy atom. The van der Waals surface area contributed by atoms with Gasteiger partial charge >= 0.3 is 6.18 Å². The summed E-state index contributed by atoms with van der Waals surface area (Å²) in [6.45, 7) is 0.401. The Morgan fingerprint density at radius 3 is 2.69 bits per heavy atom. The number of nitrogens with zero attached hydrogens (tertiary/aromatic N) is 3. The highest BCUT2D eigenvalue weighted by molar-refractivity contribution is 5.87. The topological polar surface area (TPSA) is 84.1 Å². The van der Waals surface area contributed by atoms with E-state index < -0.39 is 23.9 Å². The van der Waals surface area contributed by atoms with Crippen LogP contribution in [0.4, 0.5) is 29.2 Å². The van der Waals surface area contributed by atoms with Crippen LogP contribution < -0.4 is 16.0 Å². The molecule has 3 aromatic rings. The van der Waals surface area contributed by atoms with E-state index in [1.165, 1.54) is 18.3 Å². The number of rotatable bonds is 8. The number of aromatic nitrogens is 2. The van der Waals surface area contributed by atoms with Crippen LogP contribution in [0.3, 0.4) is 0 Å². The maximum atomic E-state index is 13.5. The Kier molecular flexibility index (Phi) is 7.18. The number of carbonyl (C=O) groups is 1. The summed E-state index contributed by atoms with van der Waals surface area (Å²) in [5.74, 6) is -2.52. The normalized spacial score (nSPS) is 16.8. The first-order chi connectivity index (χ1) is 16.7. The van der Waals surface area contributed by atoms with Crippen LogP contribution in [-0.4, -0.2) is 41.7 Å². The van der Waals surface area contributed by atoms with Gasteiger partial charge in [-0.1, -0.05) is 24.3 Å². The molecule has 2 aromatic heterocycles. The van der Waals surface area contributed by atoms with Crippen LogP contribution >= 0.6 is 0 Å². The van der Waals surface area contributed by atoms with E-state index in [1.807, 2.05) is 0 Å². The lowest BCUT2D eigenvalue weighted by Gasteiger charge is -2.23. The van der Waals surface area contributed by atoms with Gasteiger partial charge in [-0.3, -0.25) is 9.78 Å². The zero-order valence-corrected chi connectivity index (χ0v) is 18.8. The third kappa shape index (κ3) is 5.87. The molecule has 0 saturated carbocycles. The molecule has 1 fully saturated rings. The summed E-state index contributed by atoms with van der Waals surface area (Å²) in [5, 5.41) is 3.18. The predicted octanol–water partition coefficient (Wildman–Crippen LogP) is 4.28. The van der Waals surface area contributed by atoms with E-state index in [4.69, 9.17) is 5.73 Å². The molecule has 1 aliphatic rings. The number of amides is 1. The number of halogens is 4. The lowest BCUT2D eigenvalue weighted by molar-refractivity contribution is -0.168. The zero-order chi connectivity index (χ0) is 25.0. The molecule has 0 aliphatic carbocycles. The molecular formula is C25H25F4N5O. The summed E-state index contributed by atoms with van der Waals surface area (Å²) >= 11 is 0. The van der Waals surface area contributed by atoms with E-state index in [1.54, 1.807) is 47.5 Å². The van der Waals surface area contributed by atoms with Crippen LogP contribution in [0.15, 0.2) is 60.9 Å². The average Bonchev–Trinajstić information content (AvgIpc) is 3.32. The molecule has 3 N–H and O–H groups in total. The van der Waals surface area contributed by atoms with Crippen LogP contribution in [-0.2, 0) is 11.2 Å². The zero-order valence-electron chi connectivity index (χ0n) is 18.8. The Bertz CT molecular complexity index is 1170. The fraction of sp³-hybridized carbons (Fsp3) is 0.320. The number of anilines is 2. The molecule has 1 amide bonds. The van der Waals surface area contributed by atoms with Crippen LogP contribution in [0.1, 0.15) is 29.0 Å². The molecule has 4 rings (SSSR count). The van der Waals surface area contributed by atoms with Crippen molar-refractivity contribution in [2.75, 3.05) is 29.9 Å². The minimum Gasteiger partial charge on any atom is -0.369 e. The number of alkyl halides is 3. The van der Waals surface area contributed by atoms with Gasteiger partial charge in [0.15, 0.2) is 0 Å². The van der Waals surface area contributed by atoms with Gasteiger partial charge in [0, 0.05) is 37.6 Å². The third-order valence-electron chi connectivity index (χ3n) is 6.10. The molecule has 1 aliphatic heterocycles. The van der Waals surface area contributed by atoms with Crippen molar-refractivity contribution in [1.82, 2.24) is 9.97 Å². The minimum absolute atomic E-state index is 0.00510. The second-order valence-electron chi connectivity index (χ2n) is 8.51. The SMILES string of the molecule is NC(=O)C(c1cccnc1)c1ccc(N2CCC(C(F)(F)F)C2)nc1NCCc1cccc(F)c1. The molecule has 6 nitrogen and oxygen atoms in total. The maximum Gasteiger partial charge on any atom is 0.393 e. The minimum atomic E-state index is -4.27. The summed E-state index contributed by atoms with van der Waals surface area (Å²) < 4.78 is 53.1. The number of hydrogen-bond acceptors (Lipinski definition) is 5. The molecule has 1 aromatic carbocycles. The molecule has 2 unspecified atom stereocenters. The third-order valence-corrected chi connectivity index (χ3v) is 6.10. The summed E-state index contributed by atoms with van der Waals surface area (Å²) in [4.78, 5) is 22.7. The van der Waals surface area contributed by atoms with E-state index in [-0.39, 0.29) is 25.3 Å². The van der Waals surface area contributed by atoms with Crippen molar-refractivity contribution < 1.29 is 22.4 Å². The van der Waals surface area contributed by atoms with Crippen molar-refractivity contribution >= 4 is 17.5 Å². The van der Waals surface area contributed by atoms with Gasteiger partial charge in [0.05, 0.1) is 11.8 Å². The van der Waals surface area contributed by atoms with Gasteiger partial charge in [0.2, 0.25) is 5.91 Å². The van der Waals surface area contributed by atoms with Crippen LogP contribution in [0.5, 0.6) is 0 Å². The highest BCUT2D eigenvalue weighted by Crippen LogP contribution is 2.36. The Morgan fingerprint density at radius 1 is 1.20 bits per heavy atom. The summed E-state index contributed by atoms with van der Waals surface area (Å²) in [6.07, 6.45) is -0.691. The number of benzene rings is 1. The summed E-state index contributed by atoms with van der Waals surface area (Å²) in [5.41, 5.74) is 7.55. The van der Waals surface area contributed by atoms with Crippen molar-refractivity contribution in [2.45, 2.75) is 24.9 Å². The molecular weight excluding hydrogens is 462 g/mol. The molecule has 10 heteroatoms. The van der Waals surface area contributed by atoms with Gasteiger partial charge in [0.1, 0.15) is 17.5 Å². The molecule has 0 radical (unpaired) electrons. The average molecular weight is 488 g/mol. The molecule has 2 atom stereocenters. The van der Waals surface area contributed by atoms with E-state index in [0.717, 1.165) is 5.56 Å². The number of nitrogens with one attached hydrogen (secondary N) is 1. The molecule has 0 bridgehead atoms. The van der Waals surface area contributed by atoms with Crippen molar-refractivity contribution in [3.05, 3.63) is 83.4 Å². The summed E-state index contributed by atoms with van der Waals surface area (Å²) in [7, 11) is 0. The standard InChI is InChI=1S/C25H25F4N5O/c26-19-5-1-3-16(13-19)8-11-32-24-20(22(23(30)35)17-4-2-10-31-14-17)6-7-21(33-24)34-12-9-18(15-34)25(27,28)29/h1-7,10,13-14,18,22H,8-9,11-12,15H2,(H2,30,35)(H,32,33).